The van der Waals surface area contributed by atoms with E-state index in [0.29, 0.717) is 29.7 Å². The smallest absolute Gasteiger partial charge is 0.355 e. The molecule has 2 aromatic carbocycles. The highest BCUT2D eigenvalue weighted by Crippen LogP contribution is 2.39. The van der Waals surface area contributed by atoms with Crippen molar-refractivity contribution in [2.24, 2.45) is 4.36 Å². The Morgan fingerprint density at radius 2 is 2.03 bits per heavy atom. The number of nitrogens with zero attached hydrogens (tertiary/aromatic N) is 4. The van der Waals surface area contributed by atoms with Gasteiger partial charge < -0.3 is 14.8 Å². The number of aromatic nitrogens is 3. The predicted octanol–water partition coefficient (Wildman–Crippen LogP) is 5.31. The molecule has 0 unspecified atom stereocenters. The van der Waals surface area contributed by atoms with Crippen LogP contribution in [0.2, 0.25) is 0 Å². The van der Waals surface area contributed by atoms with Crippen LogP contribution < -0.4 is 19.5 Å². The van der Waals surface area contributed by atoms with Crippen molar-refractivity contribution in [3.63, 3.8) is 0 Å². The van der Waals surface area contributed by atoms with Crippen molar-refractivity contribution >= 4 is 27.3 Å². The van der Waals surface area contributed by atoms with Crippen LogP contribution in [0.1, 0.15) is 24.5 Å². The minimum atomic E-state index is -3.52. The first-order chi connectivity index (χ1) is 18.9. The molecular formula is C28H28N6O4S. The molecule has 200 valence electrons. The summed E-state index contributed by atoms with van der Waals surface area (Å²) in [7, 11) is -1.96. The topological polar surface area (TPSA) is 120 Å². The van der Waals surface area contributed by atoms with Crippen LogP contribution >= 0.6 is 0 Å². The fourth-order valence-electron chi connectivity index (χ4n) is 5.04. The lowest BCUT2D eigenvalue weighted by Crippen LogP contribution is -2.19. The average molecular weight is 545 g/mol. The van der Waals surface area contributed by atoms with Gasteiger partial charge in [0.1, 0.15) is 11.0 Å². The first-order valence-electron chi connectivity index (χ1n) is 12.7. The molecule has 1 aliphatic carbocycles. The van der Waals surface area contributed by atoms with E-state index in [1.807, 2.05) is 43.3 Å². The number of para-hydroxylation sites is 1. The molecule has 3 heterocycles. The standard InChI is InChI=1S/C28H28N6O4S/c1-18-17-34-27(38-18)24(16-30-34)39(36,32-21-8-4-3-5-9-21)33-28(35)31-26-22-10-6-7-19(22)11-12-23(26)20-13-14-29-25(15-20)37-2/h3-5,8-9,11-16,18H,6-7,10,17H2,1-2H3,(H2,31,32,33,35,36)/t18-,39-/m1/s1. The van der Waals surface area contributed by atoms with Crippen LogP contribution in [-0.2, 0) is 29.3 Å². The van der Waals surface area contributed by atoms with Gasteiger partial charge >= 0.3 is 6.03 Å². The lowest BCUT2D eigenvalue weighted by molar-refractivity contribution is 0.248. The van der Waals surface area contributed by atoms with Crippen LogP contribution in [0, 0.1) is 0 Å². The number of aryl methyl sites for hydroxylation is 1. The summed E-state index contributed by atoms with van der Waals surface area (Å²) in [5, 5.41) is 7.30. The van der Waals surface area contributed by atoms with Gasteiger partial charge in [0.15, 0.2) is 9.92 Å². The van der Waals surface area contributed by atoms with Gasteiger partial charge in [0, 0.05) is 23.5 Å². The molecule has 2 amide bonds. The molecule has 0 bridgehead atoms. The quantitative estimate of drug-likeness (QED) is 0.340. The lowest BCUT2D eigenvalue weighted by atomic mass is 9.98. The minimum Gasteiger partial charge on any atom is -0.481 e. The summed E-state index contributed by atoms with van der Waals surface area (Å²) in [6.45, 7) is 2.43. The van der Waals surface area contributed by atoms with Gasteiger partial charge in [-0.1, -0.05) is 30.3 Å². The maximum absolute atomic E-state index is 14.5. The molecule has 39 heavy (non-hydrogen) atoms. The second-order valence-electron chi connectivity index (χ2n) is 9.51. The Balaban J connectivity index is 1.43. The number of amides is 2. The lowest BCUT2D eigenvalue weighted by Gasteiger charge is -2.17. The van der Waals surface area contributed by atoms with Crippen molar-refractivity contribution in [2.75, 3.05) is 17.1 Å². The normalized spacial score (nSPS) is 16.9. The van der Waals surface area contributed by atoms with E-state index in [1.54, 1.807) is 30.1 Å². The van der Waals surface area contributed by atoms with E-state index in [-0.39, 0.29) is 11.0 Å². The summed E-state index contributed by atoms with van der Waals surface area (Å²) in [5.41, 5.74) is 5.08. The average Bonchev–Trinajstić information content (AvgIpc) is 3.65. The molecule has 2 atom stereocenters. The highest BCUT2D eigenvalue weighted by Gasteiger charge is 2.31. The molecule has 6 rings (SSSR count). The number of carbonyl (C=O) groups is 1. The number of rotatable bonds is 6. The van der Waals surface area contributed by atoms with Crippen LogP contribution in [0.3, 0.4) is 0 Å². The molecule has 4 aromatic rings. The van der Waals surface area contributed by atoms with Crippen LogP contribution in [0.5, 0.6) is 11.8 Å². The van der Waals surface area contributed by atoms with Gasteiger partial charge in [0.2, 0.25) is 11.8 Å². The van der Waals surface area contributed by atoms with Crippen LogP contribution in [0.25, 0.3) is 11.1 Å². The third-order valence-electron chi connectivity index (χ3n) is 6.81. The number of benzene rings is 2. The van der Waals surface area contributed by atoms with Gasteiger partial charge in [0.05, 0.1) is 25.5 Å². The van der Waals surface area contributed by atoms with E-state index in [9.17, 15) is 9.00 Å². The molecule has 1 aliphatic heterocycles. The maximum Gasteiger partial charge on any atom is 0.355 e. The zero-order valence-electron chi connectivity index (χ0n) is 21.6. The number of hydrogen-bond donors (Lipinski definition) is 2. The summed E-state index contributed by atoms with van der Waals surface area (Å²) >= 11 is 0. The highest BCUT2D eigenvalue weighted by atomic mass is 32.2. The fourth-order valence-corrected chi connectivity index (χ4v) is 6.61. The van der Waals surface area contributed by atoms with Crippen molar-refractivity contribution in [2.45, 2.75) is 43.7 Å². The van der Waals surface area contributed by atoms with Crippen molar-refractivity contribution in [3.05, 3.63) is 78.1 Å². The highest BCUT2D eigenvalue weighted by molar-refractivity contribution is 7.95. The van der Waals surface area contributed by atoms with Crippen LogP contribution in [-0.4, -0.2) is 38.2 Å². The molecule has 2 aliphatic rings. The number of methoxy groups -OCH3 is 1. The Bertz CT molecular complexity index is 1680. The Kier molecular flexibility index (Phi) is 6.43. The summed E-state index contributed by atoms with van der Waals surface area (Å²) < 4.78 is 34.5. The maximum atomic E-state index is 14.5. The van der Waals surface area contributed by atoms with Gasteiger partial charge in [-0.15, -0.1) is 4.36 Å². The van der Waals surface area contributed by atoms with E-state index in [1.165, 1.54) is 11.8 Å². The van der Waals surface area contributed by atoms with E-state index in [0.717, 1.165) is 36.0 Å². The van der Waals surface area contributed by atoms with Crippen LogP contribution in [0.15, 0.2) is 76.2 Å². The number of nitrogens with one attached hydrogen (secondary N) is 2. The SMILES string of the molecule is COc1cc(-c2ccc3c(c2NC(=O)N=[S@](=O)(Nc2ccccc2)c2cnn4c2O[C@H](C)C4)CCC3)ccn1. The van der Waals surface area contributed by atoms with Gasteiger partial charge in [-0.05, 0) is 61.1 Å². The summed E-state index contributed by atoms with van der Waals surface area (Å²) in [4.78, 5) is 18.0. The number of ether oxygens (including phenoxy) is 2. The molecule has 0 radical (unpaired) electrons. The summed E-state index contributed by atoms with van der Waals surface area (Å²) in [5.74, 6) is 0.812. The molecule has 0 fully saturated rings. The first-order valence-corrected chi connectivity index (χ1v) is 14.2. The Hall–Kier alpha value is -4.38. The molecule has 11 heteroatoms. The van der Waals surface area contributed by atoms with E-state index >= 15 is 0 Å². The largest absolute Gasteiger partial charge is 0.481 e. The molecule has 0 spiro atoms. The number of fused-ring (bicyclic) bond motifs is 2. The van der Waals surface area contributed by atoms with Gasteiger partial charge in [-0.3, -0.25) is 4.72 Å². The van der Waals surface area contributed by atoms with Gasteiger partial charge in [-0.2, -0.15) is 5.10 Å². The van der Waals surface area contributed by atoms with E-state index < -0.39 is 15.9 Å². The summed E-state index contributed by atoms with van der Waals surface area (Å²) in [6.07, 6.45) is 5.72. The van der Waals surface area contributed by atoms with Gasteiger partial charge in [0.25, 0.3) is 0 Å². The second-order valence-corrected chi connectivity index (χ2v) is 11.4. The first kappa shape index (κ1) is 24.9. The van der Waals surface area contributed by atoms with Crippen molar-refractivity contribution in [1.82, 2.24) is 14.8 Å². The third kappa shape index (κ3) is 4.81. The van der Waals surface area contributed by atoms with Crippen molar-refractivity contribution in [3.8, 4) is 22.9 Å². The number of carbonyl (C=O) groups excluding carboxylic acids is 1. The second kappa shape index (κ2) is 10.1. The summed E-state index contributed by atoms with van der Waals surface area (Å²) in [6, 6.07) is 16.0. The fraction of sp³-hybridized carbons (Fsp3) is 0.250. The molecule has 2 aromatic heterocycles. The number of urea groups is 1. The van der Waals surface area contributed by atoms with E-state index in [4.69, 9.17) is 9.47 Å². The number of anilines is 2. The molecule has 10 nitrogen and oxygen atoms in total. The Morgan fingerprint density at radius 3 is 2.85 bits per heavy atom. The van der Waals surface area contributed by atoms with Crippen molar-refractivity contribution in [1.29, 1.82) is 0 Å². The molecular weight excluding hydrogens is 516 g/mol. The Morgan fingerprint density at radius 1 is 1.18 bits per heavy atom. The monoisotopic (exact) mass is 544 g/mol. The number of hydrogen-bond acceptors (Lipinski definition) is 6. The zero-order chi connectivity index (χ0) is 27.0. The van der Waals surface area contributed by atoms with E-state index in [2.05, 4.69) is 30.6 Å². The zero-order valence-corrected chi connectivity index (χ0v) is 22.4. The van der Waals surface area contributed by atoms with Gasteiger partial charge in [-0.25, -0.2) is 18.7 Å². The third-order valence-corrected chi connectivity index (χ3v) is 8.62. The minimum absolute atomic E-state index is 0.131. The predicted molar refractivity (Wildman–Crippen MR) is 148 cm³/mol. The number of pyridine rings is 1. The molecule has 0 saturated carbocycles. The Labute approximate surface area is 226 Å². The molecule has 2 N–H and O–H groups in total. The van der Waals surface area contributed by atoms with Crippen LogP contribution in [0.4, 0.5) is 16.2 Å². The molecule has 0 saturated heterocycles. The van der Waals surface area contributed by atoms with Crippen molar-refractivity contribution < 1.29 is 18.5 Å².